The average Bonchev–Trinajstić information content (AvgIpc) is 2.05. The highest BCUT2D eigenvalue weighted by atomic mass is 16.3. The van der Waals surface area contributed by atoms with Crippen molar-refractivity contribution in [3.8, 4) is 0 Å². The van der Waals surface area contributed by atoms with E-state index in [1.54, 1.807) is 0 Å². The van der Waals surface area contributed by atoms with Gasteiger partial charge in [0.25, 0.3) is 0 Å². The first-order valence-corrected chi connectivity index (χ1v) is 4.59. The lowest BCUT2D eigenvalue weighted by Crippen LogP contribution is -2.15. The highest BCUT2D eigenvalue weighted by Crippen LogP contribution is 2.33. The number of hydrogen-bond acceptors (Lipinski definition) is 1. The Morgan fingerprint density at radius 2 is 2.17 bits per heavy atom. The van der Waals surface area contributed by atoms with Crippen molar-refractivity contribution in [1.29, 1.82) is 0 Å². The molecule has 1 aliphatic carbocycles. The van der Waals surface area contributed by atoms with E-state index in [1.807, 2.05) is 0 Å². The van der Waals surface area contributed by atoms with E-state index >= 15 is 0 Å². The topological polar surface area (TPSA) is 20.2 Å². The van der Waals surface area contributed by atoms with Gasteiger partial charge in [-0.15, -0.1) is 0 Å². The van der Waals surface area contributed by atoms with Crippen LogP contribution in [0.15, 0.2) is 23.3 Å². The van der Waals surface area contributed by atoms with Crippen LogP contribution >= 0.6 is 0 Å². The molecule has 1 saturated carbocycles. The predicted molar refractivity (Wildman–Crippen MR) is 51.9 cm³/mol. The molecular formula is C11H18O. The van der Waals surface area contributed by atoms with Gasteiger partial charge < -0.3 is 5.11 Å². The summed E-state index contributed by atoms with van der Waals surface area (Å²) in [6.45, 7) is 8.54. The summed E-state index contributed by atoms with van der Waals surface area (Å²) in [5, 5.41) is 9.08. The van der Waals surface area contributed by atoms with Gasteiger partial charge in [-0.3, -0.25) is 0 Å². The second-order valence-electron chi connectivity index (χ2n) is 3.85. The number of hydrogen-bond donors (Lipinski definition) is 1. The molecule has 0 aliphatic heterocycles. The van der Waals surface area contributed by atoms with Crippen LogP contribution in [0.1, 0.15) is 33.1 Å². The maximum absolute atomic E-state index is 9.08. The van der Waals surface area contributed by atoms with Crippen LogP contribution in [0.3, 0.4) is 0 Å². The van der Waals surface area contributed by atoms with E-state index in [-0.39, 0.29) is 6.61 Å². The number of rotatable bonds is 1. The molecule has 1 atom stereocenters. The zero-order valence-corrected chi connectivity index (χ0v) is 8.06. The lowest BCUT2D eigenvalue weighted by atomic mass is 9.81. The molecule has 1 unspecified atom stereocenters. The van der Waals surface area contributed by atoms with Crippen LogP contribution in [0.5, 0.6) is 0 Å². The standard InChI is InChI=1S/C11H18O/c1-8(2)10-5-4-9(3)11(6-10)7-12/h11-12H,3-7H2,1-2H3. The van der Waals surface area contributed by atoms with Crippen LogP contribution in [0.2, 0.25) is 0 Å². The summed E-state index contributed by atoms with van der Waals surface area (Å²) in [6, 6.07) is 0. The van der Waals surface area contributed by atoms with Crippen LogP contribution in [-0.2, 0) is 0 Å². The summed E-state index contributed by atoms with van der Waals surface area (Å²) in [5.74, 6) is 0.323. The van der Waals surface area contributed by atoms with E-state index in [4.69, 9.17) is 5.11 Å². The molecule has 0 saturated heterocycles. The third kappa shape index (κ3) is 1.98. The summed E-state index contributed by atoms with van der Waals surface area (Å²) < 4.78 is 0. The Balaban J connectivity index is 2.68. The quantitative estimate of drug-likeness (QED) is 0.594. The van der Waals surface area contributed by atoms with Crippen molar-refractivity contribution in [2.45, 2.75) is 33.1 Å². The fourth-order valence-electron chi connectivity index (χ4n) is 1.71. The summed E-state index contributed by atoms with van der Waals surface area (Å²) in [7, 11) is 0. The third-order valence-corrected chi connectivity index (χ3v) is 2.75. The highest BCUT2D eigenvalue weighted by molar-refractivity contribution is 5.20. The Hall–Kier alpha value is -0.560. The van der Waals surface area contributed by atoms with E-state index < -0.39 is 0 Å². The van der Waals surface area contributed by atoms with Crippen molar-refractivity contribution in [2.75, 3.05) is 6.61 Å². The first-order valence-electron chi connectivity index (χ1n) is 4.59. The lowest BCUT2D eigenvalue weighted by Gasteiger charge is -2.26. The molecular weight excluding hydrogens is 148 g/mol. The molecule has 1 nitrogen and oxygen atoms in total. The monoisotopic (exact) mass is 166 g/mol. The number of allylic oxidation sites excluding steroid dienone is 2. The molecule has 0 radical (unpaired) electrons. The third-order valence-electron chi connectivity index (χ3n) is 2.75. The molecule has 0 spiro atoms. The summed E-state index contributed by atoms with van der Waals surface area (Å²) >= 11 is 0. The molecule has 1 rings (SSSR count). The minimum Gasteiger partial charge on any atom is -0.396 e. The smallest absolute Gasteiger partial charge is 0.0499 e. The summed E-state index contributed by atoms with van der Waals surface area (Å²) in [4.78, 5) is 0. The van der Waals surface area contributed by atoms with Gasteiger partial charge in [-0.25, -0.2) is 0 Å². The summed E-state index contributed by atoms with van der Waals surface area (Å²) in [6.07, 6.45) is 3.24. The SMILES string of the molecule is C=C1CCC(=C(C)C)CC1CO. The van der Waals surface area contributed by atoms with Gasteiger partial charge >= 0.3 is 0 Å². The molecule has 1 N–H and O–H groups in total. The molecule has 0 aromatic rings. The van der Waals surface area contributed by atoms with Gasteiger partial charge in [0.05, 0.1) is 0 Å². The van der Waals surface area contributed by atoms with Gasteiger partial charge in [0.2, 0.25) is 0 Å². The van der Waals surface area contributed by atoms with E-state index in [2.05, 4.69) is 20.4 Å². The van der Waals surface area contributed by atoms with Gasteiger partial charge in [-0.2, -0.15) is 0 Å². The van der Waals surface area contributed by atoms with Gasteiger partial charge in [0.1, 0.15) is 0 Å². The number of aliphatic hydroxyl groups is 1. The predicted octanol–water partition coefficient (Wildman–Crippen LogP) is 2.67. The maximum Gasteiger partial charge on any atom is 0.0499 e. The molecule has 1 aliphatic rings. The van der Waals surface area contributed by atoms with Crippen molar-refractivity contribution in [2.24, 2.45) is 5.92 Å². The second-order valence-corrected chi connectivity index (χ2v) is 3.85. The normalized spacial score (nSPS) is 24.4. The van der Waals surface area contributed by atoms with E-state index in [1.165, 1.54) is 16.7 Å². The van der Waals surface area contributed by atoms with E-state index in [0.717, 1.165) is 19.3 Å². The molecule has 0 aromatic heterocycles. The van der Waals surface area contributed by atoms with Crippen LogP contribution in [0.4, 0.5) is 0 Å². The fourth-order valence-corrected chi connectivity index (χ4v) is 1.71. The highest BCUT2D eigenvalue weighted by Gasteiger charge is 2.19. The van der Waals surface area contributed by atoms with Gasteiger partial charge in [0.15, 0.2) is 0 Å². The van der Waals surface area contributed by atoms with Crippen LogP contribution in [0.25, 0.3) is 0 Å². The van der Waals surface area contributed by atoms with Crippen LogP contribution in [0, 0.1) is 5.92 Å². The zero-order chi connectivity index (χ0) is 9.14. The maximum atomic E-state index is 9.08. The van der Waals surface area contributed by atoms with Crippen molar-refractivity contribution in [3.05, 3.63) is 23.3 Å². The van der Waals surface area contributed by atoms with Crippen molar-refractivity contribution < 1.29 is 5.11 Å². The first kappa shape index (κ1) is 9.53. The minimum absolute atomic E-state index is 0.260. The molecule has 0 bridgehead atoms. The zero-order valence-electron chi connectivity index (χ0n) is 8.06. The average molecular weight is 166 g/mol. The molecule has 0 aromatic carbocycles. The second kappa shape index (κ2) is 3.90. The van der Waals surface area contributed by atoms with Crippen molar-refractivity contribution >= 4 is 0 Å². The largest absolute Gasteiger partial charge is 0.396 e. The molecule has 1 fully saturated rings. The first-order chi connectivity index (χ1) is 5.65. The Labute approximate surface area is 74.8 Å². The van der Waals surface area contributed by atoms with Gasteiger partial charge in [-0.05, 0) is 33.1 Å². The van der Waals surface area contributed by atoms with Crippen molar-refractivity contribution in [3.63, 3.8) is 0 Å². The molecule has 1 heteroatoms. The lowest BCUT2D eigenvalue weighted by molar-refractivity contribution is 0.237. The fraction of sp³-hybridized carbons (Fsp3) is 0.636. The Bertz CT molecular complexity index is 209. The number of aliphatic hydroxyl groups excluding tert-OH is 1. The Kier molecular flexibility index (Phi) is 3.10. The van der Waals surface area contributed by atoms with E-state index in [0.29, 0.717) is 5.92 Å². The van der Waals surface area contributed by atoms with Gasteiger partial charge in [0, 0.05) is 12.5 Å². The van der Waals surface area contributed by atoms with Crippen LogP contribution < -0.4 is 0 Å². The summed E-state index contributed by atoms with van der Waals surface area (Å²) in [5.41, 5.74) is 4.16. The van der Waals surface area contributed by atoms with Crippen LogP contribution in [-0.4, -0.2) is 11.7 Å². The molecule has 0 heterocycles. The van der Waals surface area contributed by atoms with Gasteiger partial charge in [-0.1, -0.05) is 23.3 Å². The Morgan fingerprint density at radius 3 is 2.67 bits per heavy atom. The molecule has 0 amide bonds. The van der Waals surface area contributed by atoms with Crippen molar-refractivity contribution in [1.82, 2.24) is 0 Å². The minimum atomic E-state index is 0.260. The molecule has 68 valence electrons. The Morgan fingerprint density at radius 1 is 1.50 bits per heavy atom. The van der Waals surface area contributed by atoms with E-state index in [9.17, 15) is 0 Å². The molecule has 12 heavy (non-hydrogen) atoms.